The molecule has 0 bridgehead atoms. The number of pyridine rings is 1. The lowest BCUT2D eigenvalue weighted by molar-refractivity contribution is 0.874. The van der Waals surface area contributed by atoms with Gasteiger partial charge < -0.3 is 10.2 Å². The highest BCUT2D eigenvalue weighted by Crippen LogP contribution is 2.29. The van der Waals surface area contributed by atoms with Crippen LogP contribution < -0.4 is 10.2 Å². The maximum Gasteiger partial charge on any atom is 0.0730 e. The van der Waals surface area contributed by atoms with Gasteiger partial charge in [-0.25, -0.2) is 4.98 Å². The van der Waals surface area contributed by atoms with Crippen LogP contribution in [0.25, 0.3) is 21.8 Å². The minimum absolute atomic E-state index is 0.630. The van der Waals surface area contributed by atoms with Gasteiger partial charge in [-0.05, 0) is 31.2 Å². The lowest BCUT2D eigenvalue weighted by Crippen LogP contribution is -2.27. The molecule has 0 spiro atoms. The smallest absolute Gasteiger partial charge is 0.0730 e. The fourth-order valence-electron chi connectivity index (χ4n) is 3.44. The molecule has 0 fully saturated rings. The molecule has 0 saturated carbocycles. The topological polar surface area (TPSA) is 28.2 Å². The van der Waals surface area contributed by atoms with Gasteiger partial charge >= 0.3 is 0 Å². The monoisotopic (exact) mass is 439 g/mol. The third kappa shape index (κ3) is 5.35. The molecule has 0 aliphatic rings. The van der Waals surface area contributed by atoms with Crippen molar-refractivity contribution in [2.24, 2.45) is 0 Å². The van der Waals surface area contributed by atoms with Gasteiger partial charge in [0.1, 0.15) is 0 Å². The molecular weight excluding hydrogens is 413 g/mol. The lowest BCUT2D eigenvalue weighted by Gasteiger charge is -2.22. The zero-order valence-electron chi connectivity index (χ0n) is 17.4. The zero-order valence-corrected chi connectivity index (χ0v) is 18.9. The number of nitrogens with one attached hydrogen (secondary N) is 1. The first-order valence-electron chi connectivity index (χ1n) is 10.1. The first kappa shape index (κ1) is 22.2. The second kappa shape index (κ2) is 11.1. The number of para-hydroxylation sites is 2. The first-order valence-corrected chi connectivity index (χ1v) is 11.1. The Balaban J connectivity index is 0.000000173. The molecule has 5 heteroatoms. The fourth-order valence-corrected chi connectivity index (χ4v) is 3.85. The number of aryl methyl sites for hydroxylation is 1. The molecule has 3 nitrogen and oxygen atoms in total. The predicted octanol–water partition coefficient (Wildman–Crippen LogP) is 6.71. The van der Waals surface area contributed by atoms with E-state index >= 15 is 0 Å². The fraction of sp³-hybridized carbons (Fsp3) is 0.240. The van der Waals surface area contributed by atoms with Crippen LogP contribution in [0.15, 0.2) is 72.8 Å². The van der Waals surface area contributed by atoms with Crippen molar-refractivity contribution < 1.29 is 0 Å². The maximum absolute atomic E-state index is 5.73. The van der Waals surface area contributed by atoms with Gasteiger partial charge in [0, 0.05) is 48.4 Å². The van der Waals surface area contributed by atoms with E-state index in [1.807, 2.05) is 43.4 Å². The number of aromatic nitrogens is 1. The molecule has 0 aliphatic heterocycles. The van der Waals surface area contributed by atoms with E-state index in [0.717, 1.165) is 29.8 Å². The molecule has 30 heavy (non-hydrogen) atoms. The van der Waals surface area contributed by atoms with E-state index in [9.17, 15) is 0 Å². The summed E-state index contributed by atoms with van der Waals surface area (Å²) < 4.78 is 0. The molecule has 1 N–H and O–H groups in total. The van der Waals surface area contributed by atoms with Gasteiger partial charge in [0.25, 0.3) is 0 Å². The van der Waals surface area contributed by atoms with Crippen LogP contribution in [0.2, 0.25) is 0 Å². The minimum Gasteiger partial charge on any atom is -0.387 e. The number of benzene rings is 3. The standard InChI is InChI=1S/C14H12N2.C11H15Cl2N/c1-15-14-10-6-2-4-8-12(10)16-13-9-5-3-7-11(13)14;1-10-2-4-11(5-3-10)14(8-6-12)9-7-13/h2-9H,1H3,(H,15,16);2-5H,6-9H2,1H3. The molecule has 0 saturated heterocycles. The van der Waals surface area contributed by atoms with Crippen LogP contribution in [0.3, 0.4) is 0 Å². The molecule has 4 aromatic rings. The van der Waals surface area contributed by atoms with Crippen molar-refractivity contribution >= 4 is 56.4 Å². The quantitative estimate of drug-likeness (QED) is 0.267. The summed E-state index contributed by atoms with van der Waals surface area (Å²) in [5.41, 5.74) is 5.68. The molecule has 0 unspecified atom stereocenters. The maximum atomic E-state index is 5.73. The van der Waals surface area contributed by atoms with E-state index in [2.05, 4.69) is 58.5 Å². The van der Waals surface area contributed by atoms with E-state index in [-0.39, 0.29) is 0 Å². The summed E-state index contributed by atoms with van der Waals surface area (Å²) in [4.78, 5) is 6.84. The van der Waals surface area contributed by atoms with Crippen molar-refractivity contribution in [1.29, 1.82) is 0 Å². The van der Waals surface area contributed by atoms with Gasteiger partial charge in [-0.15, -0.1) is 23.2 Å². The Labute approximate surface area is 188 Å². The van der Waals surface area contributed by atoms with Crippen molar-refractivity contribution in [2.45, 2.75) is 6.92 Å². The molecule has 0 amide bonds. The van der Waals surface area contributed by atoms with Gasteiger partial charge in [-0.1, -0.05) is 54.1 Å². The average molecular weight is 440 g/mol. The third-order valence-electron chi connectivity index (χ3n) is 4.95. The van der Waals surface area contributed by atoms with Crippen LogP contribution in [0, 0.1) is 6.92 Å². The van der Waals surface area contributed by atoms with Gasteiger partial charge in [0.2, 0.25) is 0 Å². The summed E-state index contributed by atoms with van der Waals surface area (Å²) in [5, 5.41) is 5.61. The number of nitrogens with zero attached hydrogens (tertiary/aromatic N) is 2. The van der Waals surface area contributed by atoms with Crippen molar-refractivity contribution in [3.8, 4) is 0 Å². The summed E-state index contributed by atoms with van der Waals surface area (Å²) in [6.07, 6.45) is 0. The van der Waals surface area contributed by atoms with Crippen LogP contribution in [0.4, 0.5) is 11.4 Å². The number of fused-ring (bicyclic) bond motifs is 2. The normalized spacial score (nSPS) is 10.5. The Hall–Kier alpha value is -2.49. The minimum atomic E-state index is 0.630. The summed E-state index contributed by atoms with van der Waals surface area (Å²) in [7, 11) is 1.95. The average Bonchev–Trinajstić information content (AvgIpc) is 2.78. The van der Waals surface area contributed by atoms with E-state index in [0.29, 0.717) is 11.8 Å². The molecule has 1 aromatic heterocycles. The first-order chi connectivity index (χ1) is 14.7. The Morgan fingerprint density at radius 1 is 0.767 bits per heavy atom. The Morgan fingerprint density at radius 2 is 1.27 bits per heavy atom. The number of halogens is 2. The Bertz CT molecular complexity index is 1020. The number of hydrogen-bond acceptors (Lipinski definition) is 3. The molecule has 3 aromatic carbocycles. The molecule has 156 valence electrons. The number of hydrogen-bond donors (Lipinski definition) is 1. The Morgan fingerprint density at radius 3 is 1.73 bits per heavy atom. The lowest BCUT2D eigenvalue weighted by atomic mass is 10.1. The summed E-state index contributed by atoms with van der Waals surface area (Å²) in [5.74, 6) is 1.26. The van der Waals surface area contributed by atoms with E-state index in [4.69, 9.17) is 23.2 Å². The van der Waals surface area contributed by atoms with Crippen LogP contribution in [-0.2, 0) is 0 Å². The second-order valence-corrected chi connectivity index (χ2v) is 7.73. The van der Waals surface area contributed by atoms with Crippen molar-refractivity contribution in [3.63, 3.8) is 0 Å². The molecule has 0 aliphatic carbocycles. The van der Waals surface area contributed by atoms with Crippen LogP contribution in [0.1, 0.15) is 5.56 Å². The molecule has 4 rings (SSSR count). The van der Waals surface area contributed by atoms with Crippen LogP contribution in [0.5, 0.6) is 0 Å². The number of rotatable bonds is 6. The van der Waals surface area contributed by atoms with Gasteiger partial charge in [0.05, 0.1) is 16.7 Å². The Kier molecular flexibility index (Phi) is 8.18. The van der Waals surface area contributed by atoms with Crippen molar-refractivity contribution in [2.75, 3.05) is 42.1 Å². The summed E-state index contributed by atoms with van der Waals surface area (Å²) in [6.45, 7) is 3.77. The largest absolute Gasteiger partial charge is 0.387 e. The predicted molar refractivity (Wildman–Crippen MR) is 134 cm³/mol. The molecular formula is C25H27Cl2N3. The molecule has 0 radical (unpaired) electrons. The number of anilines is 2. The second-order valence-electron chi connectivity index (χ2n) is 6.97. The number of alkyl halides is 2. The highest BCUT2D eigenvalue weighted by Gasteiger charge is 2.06. The zero-order chi connectivity index (χ0) is 21.3. The van der Waals surface area contributed by atoms with Crippen LogP contribution >= 0.6 is 23.2 Å². The third-order valence-corrected chi connectivity index (χ3v) is 5.28. The molecule has 0 atom stereocenters. The van der Waals surface area contributed by atoms with E-state index in [1.165, 1.54) is 22.0 Å². The molecule has 1 heterocycles. The van der Waals surface area contributed by atoms with Gasteiger partial charge in [0.15, 0.2) is 0 Å². The van der Waals surface area contributed by atoms with Crippen molar-refractivity contribution in [3.05, 3.63) is 78.4 Å². The van der Waals surface area contributed by atoms with Crippen molar-refractivity contribution in [1.82, 2.24) is 4.98 Å². The van der Waals surface area contributed by atoms with Crippen LogP contribution in [-0.4, -0.2) is 36.9 Å². The SMILES string of the molecule is CNc1c2ccccc2nc2ccccc12.Cc1ccc(N(CCCl)CCCl)cc1. The highest BCUT2D eigenvalue weighted by atomic mass is 35.5. The summed E-state index contributed by atoms with van der Waals surface area (Å²) in [6, 6.07) is 24.8. The van der Waals surface area contributed by atoms with Gasteiger partial charge in [-0.2, -0.15) is 0 Å². The van der Waals surface area contributed by atoms with E-state index < -0.39 is 0 Å². The summed E-state index contributed by atoms with van der Waals surface area (Å²) >= 11 is 11.5. The van der Waals surface area contributed by atoms with E-state index in [1.54, 1.807) is 0 Å². The highest BCUT2D eigenvalue weighted by molar-refractivity contribution is 6.18. The van der Waals surface area contributed by atoms with Gasteiger partial charge in [-0.3, -0.25) is 0 Å².